The molecule has 0 spiro atoms. The highest BCUT2D eigenvalue weighted by Gasteiger charge is 2.24. The summed E-state index contributed by atoms with van der Waals surface area (Å²) in [5.41, 5.74) is 1.25. The first-order valence-corrected chi connectivity index (χ1v) is 12.2. The fraction of sp³-hybridized carbons (Fsp3) is 0.720. The largest absolute Gasteiger partial charge is 0.376 e. The van der Waals surface area contributed by atoms with Gasteiger partial charge in [0.1, 0.15) is 0 Å². The zero-order chi connectivity index (χ0) is 20.9. The molecule has 2 fully saturated rings. The van der Waals surface area contributed by atoms with Gasteiger partial charge in [-0.05, 0) is 64.2 Å². The Labute approximate surface area is 183 Å². The van der Waals surface area contributed by atoms with E-state index in [9.17, 15) is 0 Å². The van der Waals surface area contributed by atoms with Crippen LogP contribution in [0.2, 0.25) is 0 Å². The van der Waals surface area contributed by atoms with Crippen LogP contribution in [0.1, 0.15) is 57.4 Å². The summed E-state index contributed by atoms with van der Waals surface area (Å²) in [4.78, 5) is 9.98. The molecule has 168 valence electrons. The Morgan fingerprint density at radius 2 is 1.90 bits per heavy atom. The van der Waals surface area contributed by atoms with Crippen LogP contribution in [0.3, 0.4) is 0 Å². The van der Waals surface area contributed by atoms with Gasteiger partial charge in [0.15, 0.2) is 5.96 Å². The van der Waals surface area contributed by atoms with Gasteiger partial charge in [0.25, 0.3) is 0 Å². The van der Waals surface area contributed by atoms with E-state index in [1.165, 1.54) is 70.1 Å². The average molecular weight is 415 g/mol. The first-order valence-electron chi connectivity index (χ1n) is 12.2. The Hall–Kier alpha value is -1.59. The third kappa shape index (κ3) is 8.27. The monoisotopic (exact) mass is 414 g/mol. The molecule has 1 N–H and O–H groups in total. The highest BCUT2D eigenvalue weighted by atomic mass is 16.5. The second-order valence-electron chi connectivity index (χ2n) is 8.80. The molecule has 0 aliphatic carbocycles. The van der Waals surface area contributed by atoms with Gasteiger partial charge >= 0.3 is 0 Å². The highest BCUT2D eigenvalue weighted by Crippen LogP contribution is 2.17. The number of nitrogens with one attached hydrogen (secondary N) is 1. The van der Waals surface area contributed by atoms with Gasteiger partial charge in [0.05, 0.1) is 13.2 Å². The molecule has 1 aromatic carbocycles. The standard InChI is InChI=1S/C25H42N4O/c1-2-26-25(27-15-8-4-9-16-28-17-10-5-11-18-28)29-19-14-24(20-29)22-30-21-23-12-6-3-7-13-23/h3,6-7,12-13,24H,2,4-5,8-11,14-22H2,1H3,(H,26,27). The van der Waals surface area contributed by atoms with Gasteiger partial charge in [-0.3, -0.25) is 4.99 Å². The lowest BCUT2D eigenvalue weighted by Gasteiger charge is -2.26. The fourth-order valence-electron chi connectivity index (χ4n) is 4.50. The number of hydrogen-bond acceptors (Lipinski definition) is 3. The van der Waals surface area contributed by atoms with E-state index < -0.39 is 0 Å². The number of rotatable bonds is 11. The molecule has 0 bridgehead atoms. The lowest BCUT2D eigenvalue weighted by molar-refractivity contribution is 0.0907. The lowest BCUT2D eigenvalue weighted by Crippen LogP contribution is -2.40. The summed E-state index contributed by atoms with van der Waals surface area (Å²) in [6.45, 7) is 11.6. The minimum Gasteiger partial charge on any atom is -0.376 e. The first kappa shape index (κ1) is 23.1. The van der Waals surface area contributed by atoms with Crippen molar-refractivity contribution in [3.05, 3.63) is 35.9 Å². The number of ether oxygens (including phenoxy) is 1. The molecule has 2 heterocycles. The van der Waals surface area contributed by atoms with E-state index in [0.717, 1.165) is 38.7 Å². The van der Waals surface area contributed by atoms with Crippen molar-refractivity contribution in [3.8, 4) is 0 Å². The Balaban J connectivity index is 1.31. The van der Waals surface area contributed by atoms with Crippen molar-refractivity contribution in [1.29, 1.82) is 0 Å². The second kappa shape index (κ2) is 13.7. The third-order valence-electron chi connectivity index (χ3n) is 6.23. The summed E-state index contributed by atoms with van der Waals surface area (Å²) in [6.07, 6.45) is 9.20. The molecular weight excluding hydrogens is 372 g/mol. The number of piperidine rings is 1. The van der Waals surface area contributed by atoms with Gasteiger partial charge in [-0.1, -0.05) is 43.2 Å². The quantitative estimate of drug-likeness (QED) is 0.335. The van der Waals surface area contributed by atoms with Crippen LogP contribution < -0.4 is 5.32 Å². The van der Waals surface area contributed by atoms with Crippen molar-refractivity contribution in [1.82, 2.24) is 15.1 Å². The van der Waals surface area contributed by atoms with Crippen LogP contribution in [0, 0.1) is 5.92 Å². The molecule has 0 amide bonds. The molecule has 5 nitrogen and oxygen atoms in total. The number of benzene rings is 1. The molecule has 0 radical (unpaired) electrons. The van der Waals surface area contributed by atoms with Gasteiger partial charge < -0.3 is 19.9 Å². The summed E-state index contributed by atoms with van der Waals surface area (Å²) in [5, 5.41) is 3.50. The molecule has 3 rings (SSSR count). The Kier molecular flexibility index (Phi) is 10.5. The molecule has 0 saturated carbocycles. The maximum absolute atomic E-state index is 5.98. The predicted octanol–water partition coefficient (Wildman–Crippen LogP) is 4.15. The average Bonchev–Trinajstić information content (AvgIpc) is 3.25. The van der Waals surface area contributed by atoms with Gasteiger partial charge in [0, 0.05) is 32.1 Å². The Morgan fingerprint density at radius 1 is 1.07 bits per heavy atom. The van der Waals surface area contributed by atoms with Crippen molar-refractivity contribution in [2.75, 3.05) is 52.4 Å². The molecule has 30 heavy (non-hydrogen) atoms. The summed E-state index contributed by atoms with van der Waals surface area (Å²) in [7, 11) is 0. The van der Waals surface area contributed by atoms with Gasteiger partial charge in [-0.15, -0.1) is 0 Å². The van der Waals surface area contributed by atoms with E-state index in [2.05, 4.69) is 52.4 Å². The molecular formula is C25H42N4O. The van der Waals surface area contributed by atoms with E-state index in [1.54, 1.807) is 0 Å². The molecule has 0 aromatic heterocycles. The molecule has 1 atom stereocenters. The van der Waals surface area contributed by atoms with E-state index in [4.69, 9.17) is 9.73 Å². The summed E-state index contributed by atoms with van der Waals surface area (Å²) in [6, 6.07) is 10.5. The van der Waals surface area contributed by atoms with Crippen LogP contribution >= 0.6 is 0 Å². The van der Waals surface area contributed by atoms with E-state index >= 15 is 0 Å². The van der Waals surface area contributed by atoms with Crippen LogP contribution in [-0.2, 0) is 11.3 Å². The predicted molar refractivity (Wildman–Crippen MR) is 126 cm³/mol. The minimum absolute atomic E-state index is 0.599. The zero-order valence-corrected chi connectivity index (χ0v) is 19.0. The van der Waals surface area contributed by atoms with Crippen molar-refractivity contribution in [3.63, 3.8) is 0 Å². The second-order valence-corrected chi connectivity index (χ2v) is 8.80. The summed E-state index contributed by atoms with van der Waals surface area (Å²) >= 11 is 0. The SMILES string of the molecule is CCNC(=NCCCCCN1CCCCC1)N1CCC(COCc2ccccc2)C1. The molecule has 1 aromatic rings. The van der Waals surface area contributed by atoms with Gasteiger partial charge in [-0.2, -0.15) is 0 Å². The maximum Gasteiger partial charge on any atom is 0.193 e. The van der Waals surface area contributed by atoms with Crippen molar-refractivity contribution in [2.24, 2.45) is 10.9 Å². The normalized spacial score (nSPS) is 20.6. The first-order chi connectivity index (χ1) is 14.8. The Bertz CT molecular complexity index is 600. The van der Waals surface area contributed by atoms with Crippen molar-refractivity contribution >= 4 is 5.96 Å². The fourth-order valence-corrected chi connectivity index (χ4v) is 4.50. The van der Waals surface area contributed by atoms with Crippen molar-refractivity contribution in [2.45, 2.75) is 58.5 Å². The van der Waals surface area contributed by atoms with Crippen LogP contribution in [0.5, 0.6) is 0 Å². The zero-order valence-electron chi connectivity index (χ0n) is 19.0. The van der Waals surface area contributed by atoms with E-state index in [-0.39, 0.29) is 0 Å². The van der Waals surface area contributed by atoms with E-state index in [1.807, 2.05) is 0 Å². The number of nitrogens with zero attached hydrogens (tertiary/aromatic N) is 3. The summed E-state index contributed by atoms with van der Waals surface area (Å²) in [5.74, 6) is 1.70. The molecule has 2 saturated heterocycles. The Morgan fingerprint density at radius 3 is 2.70 bits per heavy atom. The summed E-state index contributed by atoms with van der Waals surface area (Å²) < 4.78 is 5.98. The van der Waals surface area contributed by atoms with Crippen LogP contribution in [0.15, 0.2) is 35.3 Å². The van der Waals surface area contributed by atoms with Crippen molar-refractivity contribution < 1.29 is 4.74 Å². The van der Waals surface area contributed by atoms with Crippen LogP contribution in [0.25, 0.3) is 0 Å². The molecule has 1 unspecified atom stereocenters. The number of guanidine groups is 1. The van der Waals surface area contributed by atoms with E-state index in [0.29, 0.717) is 12.5 Å². The molecule has 2 aliphatic heterocycles. The van der Waals surface area contributed by atoms with Crippen LogP contribution in [0.4, 0.5) is 0 Å². The number of unbranched alkanes of at least 4 members (excludes halogenated alkanes) is 2. The third-order valence-corrected chi connectivity index (χ3v) is 6.23. The molecule has 2 aliphatic rings. The number of hydrogen-bond donors (Lipinski definition) is 1. The van der Waals surface area contributed by atoms with Crippen LogP contribution in [-0.4, -0.2) is 68.2 Å². The lowest BCUT2D eigenvalue weighted by atomic mass is 10.1. The molecule has 5 heteroatoms. The smallest absolute Gasteiger partial charge is 0.193 e. The minimum atomic E-state index is 0.599. The maximum atomic E-state index is 5.98. The number of aliphatic imine (C=N–C) groups is 1. The number of likely N-dealkylation sites (tertiary alicyclic amines) is 2. The topological polar surface area (TPSA) is 40.1 Å². The van der Waals surface area contributed by atoms with Gasteiger partial charge in [0.2, 0.25) is 0 Å². The highest BCUT2D eigenvalue weighted by molar-refractivity contribution is 5.80. The van der Waals surface area contributed by atoms with Gasteiger partial charge in [-0.25, -0.2) is 0 Å².